The second kappa shape index (κ2) is 6.50. The minimum atomic E-state index is 0.0355. The highest BCUT2D eigenvalue weighted by molar-refractivity contribution is 6.30. The van der Waals surface area contributed by atoms with Gasteiger partial charge in [0.25, 0.3) is 0 Å². The molecule has 0 aromatic heterocycles. The van der Waals surface area contributed by atoms with Crippen molar-refractivity contribution in [3.05, 3.63) is 11.6 Å². The third-order valence-electron chi connectivity index (χ3n) is 7.82. The monoisotopic (exact) mass is 346 g/mol. The summed E-state index contributed by atoms with van der Waals surface area (Å²) in [5, 5.41) is 12.5. The van der Waals surface area contributed by atoms with E-state index in [1.165, 1.54) is 44.1 Å². The van der Waals surface area contributed by atoms with E-state index in [2.05, 4.69) is 11.3 Å². The topological polar surface area (TPSA) is 37.3 Å². The lowest BCUT2D eigenvalue weighted by Crippen LogP contribution is -2.49. The van der Waals surface area contributed by atoms with Crippen molar-refractivity contribution in [2.24, 2.45) is 35.0 Å². The Bertz CT molecular complexity index is 613. The molecule has 4 aliphatic carbocycles. The zero-order valence-electron chi connectivity index (χ0n) is 14.3. The van der Waals surface area contributed by atoms with Gasteiger partial charge >= 0.3 is 0 Å². The molecule has 1 unspecified atom stereocenters. The SMILES string of the molecule is O=C1C=C2CC[C@@H]3[C@H](CC[C@]4(C(C#CCl)CO)CCC[C@@H]34)[C@H]2CC1. The molecule has 3 saturated carbocycles. The summed E-state index contributed by atoms with van der Waals surface area (Å²) in [4.78, 5) is 11.8. The van der Waals surface area contributed by atoms with Crippen molar-refractivity contribution in [3.8, 4) is 11.3 Å². The molecule has 4 rings (SSSR count). The molecule has 1 N–H and O–H groups in total. The third-order valence-corrected chi connectivity index (χ3v) is 7.93. The van der Waals surface area contributed by atoms with E-state index < -0.39 is 0 Å². The second-order valence-electron chi connectivity index (χ2n) is 8.44. The molecule has 0 spiro atoms. The maximum atomic E-state index is 11.8. The summed E-state index contributed by atoms with van der Waals surface area (Å²) in [7, 11) is 0. The lowest BCUT2D eigenvalue weighted by Gasteiger charge is -2.55. The van der Waals surface area contributed by atoms with Gasteiger partial charge in [-0.3, -0.25) is 4.79 Å². The Labute approximate surface area is 150 Å². The van der Waals surface area contributed by atoms with Gasteiger partial charge in [-0.1, -0.05) is 17.9 Å². The van der Waals surface area contributed by atoms with E-state index in [1.807, 2.05) is 6.08 Å². The van der Waals surface area contributed by atoms with Crippen molar-refractivity contribution in [2.75, 3.05) is 6.61 Å². The van der Waals surface area contributed by atoms with Crippen molar-refractivity contribution in [2.45, 2.75) is 57.8 Å². The third kappa shape index (κ3) is 2.47. The van der Waals surface area contributed by atoms with E-state index in [4.69, 9.17) is 11.6 Å². The van der Waals surface area contributed by atoms with Crippen LogP contribution in [0, 0.1) is 46.3 Å². The average Bonchev–Trinajstić information content (AvgIpc) is 3.04. The van der Waals surface area contributed by atoms with Crippen molar-refractivity contribution in [1.29, 1.82) is 0 Å². The Morgan fingerprint density at radius 2 is 2.08 bits per heavy atom. The molecular formula is C21H27ClO2. The summed E-state index contributed by atoms with van der Waals surface area (Å²) >= 11 is 5.71. The Morgan fingerprint density at radius 1 is 1.21 bits per heavy atom. The van der Waals surface area contributed by atoms with Crippen molar-refractivity contribution < 1.29 is 9.90 Å². The molecule has 3 heteroatoms. The Hall–Kier alpha value is -0.780. The fraction of sp³-hybridized carbons (Fsp3) is 0.762. The lowest BCUT2D eigenvalue weighted by atomic mass is 9.49. The van der Waals surface area contributed by atoms with E-state index in [0.717, 1.165) is 31.1 Å². The average molecular weight is 347 g/mol. The standard InChI is InChI=1S/C21H27ClO2/c22-11-8-15(13-23)21-9-1-2-20(21)19-5-3-14-12-16(24)4-6-17(14)18(19)7-10-21/h12,15,17-20,23H,1-7,9-10,13H2/t15?,17-,18+,19+,20-,21-/m0/s1. The predicted octanol–water partition coefficient (Wildman–Crippen LogP) is 4.31. The first-order valence-electron chi connectivity index (χ1n) is 9.65. The number of carbonyl (C=O) groups excluding carboxylic acids is 1. The molecule has 0 aromatic rings. The number of carbonyl (C=O) groups is 1. The van der Waals surface area contributed by atoms with Gasteiger partial charge in [-0.25, -0.2) is 0 Å². The molecule has 3 fully saturated rings. The van der Waals surface area contributed by atoms with Gasteiger partial charge < -0.3 is 5.11 Å². The number of allylic oxidation sites excluding steroid dienone is 1. The first kappa shape index (κ1) is 16.7. The van der Waals surface area contributed by atoms with Crippen LogP contribution in [-0.4, -0.2) is 17.5 Å². The number of hydrogen-bond donors (Lipinski definition) is 1. The second-order valence-corrected chi connectivity index (χ2v) is 8.63. The highest BCUT2D eigenvalue weighted by Crippen LogP contribution is 2.64. The molecule has 0 bridgehead atoms. The predicted molar refractivity (Wildman–Crippen MR) is 95.2 cm³/mol. The zero-order chi connectivity index (χ0) is 16.7. The van der Waals surface area contributed by atoms with E-state index in [1.54, 1.807) is 0 Å². The number of halogens is 1. The first-order valence-corrected chi connectivity index (χ1v) is 10.0. The van der Waals surface area contributed by atoms with Gasteiger partial charge in [-0.2, -0.15) is 0 Å². The molecule has 0 radical (unpaired) electrons. The highest BCUT2D eigenvalue weighted by atomic mass is 35.5. The van der Waals surface area contributed by atoms with Crippen LogP contribution in [0.25, 0.3) is 0 Å². The van der Waals surface area contributed by atoms with Crippen molar-refractivity contribution in [3.63, 3.8) is 0 Å². The zero-order valence-corrected chi connectivity index (χ0v) is 15.0. The van der Waals surface area contributed by atoms with Crippen LogP contribution in [0.3, 0.4) is 0 Å². The normalized spacial score (nSPS) is 42.1. The van der Waals surface area contributed by atoms with Gasteiger partial charge in [0.1, 0.15) is 0 Å². The van der Waals surface area contributed by atoms with Crippen LogP contribution < -0.4 is 0 Å². The number of hydrogen-bond acceptors (Lipinski definition) is 2. The van der Waals surface area contributed by atoms with Crippen LogP contribution in [-0.2, 0) is 4.79 Å². The maximum Gasteiger partial charge on any atom is 0.155 e. The summed E-state index contributed by atoms with van der Waals surface area (Å²) in [5.74, 6) is 6.33. The van der Waals surface area contributed by atoms with Crippen molar-refractivity contribution in [1.82, 2.24) is 0 Å². The fourth-order valence-corrected chi connectivity index (χ4v) is 7.06. The molecule has 130 valence electrons. The molecule has 0 heterocycles. The fourth-order valence-electron chi connectivity index (χ4n) is 6.93. The number of aliphatic hydroxyl groups excluding tert-OH is 1. The summed E-state index contributed by atoms with van der Waals surface area (Å²) in [6.45, 7) is 0.136. The van der Waals surface area contributed by atoms with Gasteiger partial charge in [-0.05, 0) is 91.7 Å². The molecule has 6 atom stereocenters. The molecule has 4 aliphatic rings. The number of rotatable bonds is 2. The van der Waals surface area contributed by atoms with Crippen LogP contribution in [0.5, 0.6) is 0 Å². The first-order chi connectivity index (χ1) is 11.7. The molecule has 2 nitrogen and oxygen atoms in total. The minimum absolute atomic E-state index is 0.0355. The largest absolute Gasteiger partial charge is 0.395 e. The van der Waals surface area contributed by atoms with Crippen molar-refractivity contribution >= 4 is 17.4 Å². The van der Waals surface area contributed by atoms with Crippen LogP contribution in [0.1, 0.15) is 57.8 Å². The van der Waals surface area contributed by atoms with E-state index in [0.29, 0.717) is 17.6 Å². The Kier molecular flexibility index (Phi) is 4.52. The van der Waals surface area contributed by atoms with Crippen LogP contribution in [0.4, 0.5) is 0 Å². The summed E-state index contributed by atoms with van der Waals surface area (Å²) < 4.78 is 0. The molecule has 0 amide bonds. The molecule has 0 aromatic carbocycles. The van der Waals surface area contributed by atoms with Gasteiger partial charge in [0.05, 0.1) is 12.5 Å². The van der Waals surface area contributed by atoms with E-state index in [-0.39, 0.29) is 17.9 Å². The highest BCUT2D eigenvalue weighted by Gasteiger charge is 2.56. The van der Waals surface area contributed by atoms with E-state index >= 15 is 0 Å². The summed E-state index contributed by atoms with van der Waals surface area (Å²) in [6, 6.07) is 0. The summed E-state index contributed by atoms with van der Waals surface area (Å²) in [5.41, 5.74) is 1.63. The lowest BCUT2D eigenvalue weighted by molar-refractivity contribution is -0.116. The summed E-state index contributed by atoms with van der Waals surface area (Å²) in [6.07, 6.45) is 12.3. The Balaban J connectivity index is 1.63. The minimum Gasteiger partial charge on any atom is -0.395 e. The van der Waals surface area contributed by atoms with Gasteiger partial charge in [-0.15, -0.1) is 0 Å². The molecule has 0 saturated heterocycles. The number of aliphatic hydroxyl groups is 1. The Morgan fingerprint density at radius 3 is 2.88 bits per heavy atom. The van der Waals surface area contributed by atoms with Gasteiger partial charge in [0, 0.05) is 11.8 Å². The van der Waals surface area contributed by atoms with E-state index in [9.17, 15) is 9.90 Å². The van der Waals surface area contributed by atoms with Crippen LogP contribution in [0.2, 0.25) is 0 Å². The van der Waals surface area contributed by atoms with Crippen LogP contribution >= 0.6 is 11.6 Å². The smallest absolute Gasteiger partial charge is 0.155 e. The van der Waals surface area contributed by atoms with Gasteiger partial charge in [0.2, 0.25) is 0 Å². The van der Waals surface area contributed by atoms with Crippen LogP contribution in [0.15, 0.2) is 11.6 Å². The number of ketones is 1. The molecular weight excluding hydrogens is 320 g/mol. The molecule has 24 heavy (non-hydrogen) atoms. The maximum absolute atomic E-state index is 11.8. The quantitative estimate of drug-likeness (QED) is 0.756. The molecule has 0 aliphatic heterocycles. The number of fused-ring (bicyclic) bond motifs is 5. The van der Waals surface area contributed by atoms with Gasteiger partial charge in [0.15, 0.2) is 5.78 Å².